The first-order chi connectivity index (χ1) is 15.1. The summed E-state index contributed by atoms with van der Waals surface area (Å²) in [5.74, 6) is 0.650. The van der Waals surface area contributed by atoms with Gasteiger partial charge in [-0.15, -0.1) is 11.8 Å². The Morgan fingerprint density at radius 3 is 2.84 bits per heavy atom. The van der Waals surface area contributed by atoms with Crippen LogP contribution in [-0.4, -0.2) is 31.9 Å². The van der Waals surface area contributed by atoms with E-state index in [4.69, 9.17) is 21.7 Å². The van der Waals surface area contributed by atoms with Crippen LogP contribution in [0.15, 0.2) is 60.3 Å². The highest BCUT2D eigenvalue weighted by Gasteiger charge is 2.21. The lowest BCUT2D eigenvalue weighted by atomic mass is 10.0. The van der Waals surface area contributed by atoms with Crippen LogP contribution in [0.25, 0.3) is 22.3 Å². The Morgan fingerprint density at radius 1 is 1.29 bits per heavy atom. The summed E-state index contributed by atoms with van der Waals surface area (Å²) in [7, 11) is 0. The van der Waals surface area contributed by atoms with Gasteiger partial charge in [0.2, 0.25) is 5.95 Å². The molecule has 1 aliphatic rings. The fraction of sp³-hybridized carbons (Fsp3) is 0.292. The molecule has 0 aliphatic heterocycles. The Bertz CT molecular complexity index is 1160. The van der Waals surface area contributed by atoms with Crippen molar-refractivity contribution in [2.24, 2.45) is 0 Å². The lowest BCUT2D eigenvalue weighted by Crippen LogP contribution is -2.16. The van der Waals surface area contributed by atoms with Crippen LogP contribution >= 0.6 is 23.4 Å². The van der Waals surface area contributed by atoms with E-state index >= 15 is 0 Å². The summed E-state index contributed by atoms with van der Waals surface area (Å²) in [6, 6.07) is 6.21. The molecule has 0 spiro atoms. The number of nitrogens with zero attached hydrogens (tertiary/aromatic N) is 4. The summed E-state index contributed by atoms with van der Waals surface area (Å²) in [6.45, 7) is 6.25. The highest BCUT2D eigenvalue weighted by atomic mass is 35.5. The minimum Gasteiger partial charge on any atom is -0.351 e. The molecule has 3 heterocycles. The van der Waals surface area contributed by atoms with Crippen molar-refractivity contribution in [3.05, 3.63) is 66.0 Å². The van der Waals surface area contributed by atoms with E-state index < -0.39 is 0 Å². The first-order valence-electron chi connectivity index (χ1n) is 10.5. The Morgan fingerprint density at radius 2 is 2.10 bits per heavy atom. The van der Waals surface area contributed by atoms with E-state index in [1.165, 1.54) is 12.8 Å². The number of nitrogens with one attached hydrogen (secondary N) is 1. The lowest BCUT2D eigenvalue weighted by Gasteiger charge is -2.12. The first-order valence-corrected chi connectivity index (χ1v) is 12.1. The first kappa shape index (κ1) is 21.7. The third-order valence-electron chi connectivity index (χ3n) is 5.38. The van der Waals surface area contributed by atoms with E-state index in [0.717, 1.165) is 45.9 Å². The largest absolute Gasteiger partial charge is 0.351 e. The molecule has 0 aromatic carbocycles. The fourth-order valence-corrected chi connectivity index (χ4v) is 4.72. The zero-order valence-corrected chi connectivity index (χ0v) is 19.4. The zero-order chi connectivity index (χ0) is 21.8. The van der Waals surface area contributed by atoms with E-state index in [0.29, 0.717) is 17.0 Å². The van der Waals surface area contributed by atoms with E-state index in [1.807, 2.05) is 60.2 Å². The molecule has 0 amide bonds. The number of hydrogen-bond acceptors (Lipinski definition) is 5. The monoisotopic (exact) mass is 451 g/mol. The number of anilines is 1. The molecule has 1 saturated carbocycles. The molecule has 0 radical (unpaired) electrons. The highest BCUT2D eigenvalue weighted by molar-refractivity contribution is 7.98. The number of halogens is 1. The molecular weight excluding hydrogens is 426 g/mol. The average molecular weight is 452 g/mol. The second-order valence-corrected chi connectivity index (χ2v) is 8.80. The van der Waals surface area contributed by atoms with Crippen molar-refractivity contribution in [2.45, 2.75) is 43.7 Å². The second kappa shape index (κ2) is 9.71. The summed E-state index contributed by atoms with van der Waals surface area (Å²) in [6.07, 6.45) is 16.5. The van der Waals surface area contributed by atoms with E-state index in [1.54, 1.807) is 18.0 Å². The minimum atomic E-state index is 0.440. The number of hydrogen-bond donors (Lipinski definition) is 1. The zero-order valence-electron chi connectivity index (χ0n) is 17.8. The van der Waals surface area contributed by atoms with E-state index in [2.05, 4.69) is 16.9 Å². The highest BCUT2D eigenvalue weighted by Crippen LogP contribution is 2.35. The summed E-state index contributed by atoms with van der Waals surface area (Å²) in [5.41, 5.74) is 4.20. The topological polar surface area (TPSA) is 55.1 Å². The van der Waals surface area contributed by atoms with Gasteiger partial charge in [-0.2, -0.15) is 5.10 Å². The van der Waals surface area contributed by atoms with Crippen LogP contribution in [0, 0.1) is 0 Å². The molecule has 4 rings (SSSR count). The molecular formula is C24H26ClN5S. The Labute approximate surface area is 192 Å². The maximum atomic E-state index is 6.45. The average Bonchev–Trinajstić information content (AvgIpc) is 3.41. The van der Waals surface area contributed by atoms with Gasteiger partial charge < -0.3 is 5.32 Å². The molecule has 0 unspecified atom stereocenters. The quantitative estimate of drug-likeness (QED) is 0.321. The minimum absolute atomic E-state index is 0.440. The summed E-state index contributed by atoms with van der Waals surface area (Å²) in [5, 5.41) is 10.0. The van der Waals surface area contributed by atoms with Crippen molar-refractivity contribution in [3.8, 4) is 11.3 Å². The van der Waals surface area contributed by atoms with Crippen molar-refractivity contribution in [2.75, 3.05) is 11.6 Å². The van der Waals surface area contributed by atoms with Crippen LogP contribution in [-0.2, 0) is 0 Å². The van der Waals surface area contributed by atoms with Crippen LogP contribution < -0.4 is 5.32 Å². The van der Waals surface area contributed by atoms with Gasteiger partial charge in [-0.3, -0.25) is 0 Å². The van der Waals surface area contributed by atoms with Crippen molar-refractivity contribution in [1.82, 2.24) is 19.6 Å². The van der Waals surface area contributed by atoms with Gasteiger partial charge in [-0.25, -0.2) is 14.5 Å². The molecule has 1 N–H and O–H groups in total. The van der Waals surface area contributed by atoms with Gasteiger partial charge in [0.1, 0.15) is 5.69 Å². The third-order valence-corrected chi connectivity index (χ3v) is 6.31. The molecule has 7 heteroatoms. The van der Waals surface area contributed by atoms with Gasteiger partial charge in [-0.1, -0.05) is 55.3 Å². The number of aromatic nitrogens is 4. The number of thioether (sulfide) groups is 1. The molecule has 0 bridgehead atoms. The maximum absolute atomic E-state index is 6.45. The van der Waals surface area contributed by atoms with Crippen molar-refractivity contribution in [3.63, 3.8) is 0 Å². The van der Waals surface area contributed by atoms with Gasteiger partial charge in [0.15, 0.2) is 0 Å². The molecule has 0 atom stereocenters. The molecule has 3 aromatic heterocycles. The van der Waals surface area contributed by atoms with Crippen molar-refractivity contribution in [1.29, 1.82) is 0 Å². The summed E-state index contributed by atoms with van der Waals surface area (Å²) in [4.78, 5) is 9.30. The van der Waals surface area contributed by atoms with Gasteiger partial charge in [-0.05, 0) is 49.8 Å². The SMILES string of the molecule is C=C(/C=C\C=C/C)c1nn2c(SC)cc(Cl)cc2c1-c1ccnc(NC2CCCC2)n1. The molecule has 1 fully saturated rings. The van der Waals surface area contributed by atoms with Crippen LogP contribution in [0.5, 0.6) is 0 Å². The lowest BCUT2D eigenvalue weighted by molar-refractivity contribution is 0.744. The van der Waals surface area contributed by atoms with E-state index in [9.17, 15) is 0 Å². The maximum Gasteiger partial charge on any atom is 0.223 e. The van der Waals surface area contributed by atoms with Crippen LogP contribution in [0.1, 0.15) is 38.3 Å². The Hall–Kier alpha value is -2.57. The predicted molar refractivity (Wildman–Crippen MR) is 132 cm³/mol. The summed E-state index contributed by atoms with van der Waals surface area (Å²) < 4.78 is 1.92. The van der Waals surface area contributed by atoms with Crippen LogP contribution in [0.2, 0.25) is 5.02 Å². The third kappa shape index (κ3) is 4.70. The van der Waals surface area contributed by atoms with Crippen molar-refractivity contribution < 1.29 is 0 Å². The molecule has 0 saturated heterocycles. The standard InChI is InChI=1S/C24H26ClN5S/c1-4-5-6-9-16(2)23-22(20-14-17(25)15-21(31-3)30(20)29-23)19-12-13-26-24(28-19)27-18-10-7-8-11-18/h4-6,9,12-15,18H,2,7-8,10-11H2,1,3H3,(H,26,27,28)/b5-4-,9-6-. The van der Waals surface area contributed by atoms with E-state index in [-0.39, 0.29) is 0 Å². The number of fused-ring (bicyclic) bond motifs is 1. The number of pyridine rings is 1. The van der Waals surface area contributed by atoms with Crippen LogP contribution in [0.4, 0.5) is 5.95 Å². The van der Waals surface area contributed by atoms with Gasteiger partial charge in [0, 0.05) is 17.3 Å². The Kier molecular flexibility index (Phi) is 6.78. The van der Waals surface area contributed by atoms with Gasteiger partial charge >= 0.3 is 0 Å². The number of rotatable bonds is 7. The van der Waals surface area contributed by atoms with Gasteiger partial charge in [0.05, 0.1) is 21.8 Å². The van der Waals surface area contributed by atoms with Crippen LogP contribution in [0.3, 0.4) is 0 Å². The molecule has 3 aromatic rings. The fourth-order valence-electron chi connectivity index (χ4n) is 3.89. The van der Waals surface area contributed by atoms with Crippen molar-refractivity contribution >= 4 is 40.4 Å². The molecule has 5 nitrogen and oxygen atoms in total. The number of allylic oxidation sites excluding steroid dienone is 5. The predicted octanol–water partition coefficient (Wildman–Crippen LogP) is 6.67. The summed E-state index contributed by atoms with van der Waals surface area (Å²) >= 11 is 8.05. The smallest absolute Gasteiger partial charge is 0.223 e. The molecule has 31 heavy (non-hydrogen) atoms. The molecule has 1 aliphatic carbocycles. The Balaban J connectivity index is 1.86. The molecule has 160 valence electrons. The second-order valence-electron chi connectivity index (χ2n) is 7.54. The normalized spacial score (nSPS) is 14.9. The van der Waals surface area contributed by atoms with Gasteiger partial charge in [0.25, 0.3) is 0 Å².